The minimum Gasteiger partial charge on any atom is -0.374 e. The number of anilines is 1. The molecule has 5 nitrogen and oxygen atoms in total. The maximum Gasteiger partial charge on any atom is 0.255 e. The van der Waals surface area contributed by atoms with Crippen molar-refractivity contribution in [3.8, 4) is 11.1 Å². The van der Waals surface area contributed by atoms with Crippen LogP contribution in [0.3, 0.4) is 0 Å². The van der Waals surface area contributed by atoms with Crippen molar-refractivity contribution >= 4 is 22.4 Å². The Morgan fingerprint density at radius 2 is 1.79 bits per heavy atom. The molecule has 3 aromatic rings. The molecule has 2 N–H and O–H groups in total. The maximum absolute atomic E-state index is 12.7. The molecule has 0 bridgehead atoms. The predicted octanol–water partition coefficient (Wildman–Crippen LogP) is 4.32. The van der Waals surface area contributed by atoms with E-state index in [2.05, 4.69) is 29.4 Å². The van der Waals surface area contributed by atoms with Crippen LogP contribution >= 0.6 is 0 Å². The quantitative estimate of drug-likeness (QED) is 0.699. The zero-order valence-electron chi connectivity index (χ0n) is 17.0. The lowest BCUT2D eigenvalue weighted by Crippen LogP contribution is -2.43. The standard InChI is InChI=1S/C24H27N3O2/c1-16-8-4-5-9-19(16)22-15-25-23(28)21-14-18(10-11-20(21)22)26-17(2)24(29)27-12-6-3-7-13-27/h4-5,8-11,14-15,17,26H,3,6-7,12-13H2,1-2H3,(H,25,28). The number of hydrogen-bond donors (Lipinski definition) is 2. The summed E-state index contributed by atoms with van der Waals surface area (Å²) in [7, 11) is 0. The number of aromatic nitrogens is 1. The molecule has 2 heterocycles. The summed E-state index contributed by atoms with van der Waals surface area (Å²) in [4.78, 5) is 30.0. The topological polar surface area (TPSA) is 65.2 Å². The number of likely N-dealkylation sites (tertiary alicyclic amines) is 1. The van der Waals surface area contributed by atoms with Gasteiger partial charge in [-0.2, -0.15) is 0 Å². The van der Waals surface area contributed by atoms with Crippen LogP contribution in [0.15, 0.2) is 53.5 Å². The highest BCUT2D eigenvalue weighted by Crippen LogP contribution is 2.30. The zero-order chi connectivity index (χ0) is 20.4. The van der Waals surface area contributed by atoms with Crippen LogP contribution in [0.25, 0.3) is 21.9 Å². The van der Waals surface area contributed by atoms with Crippen LogP contribution in [0, 0.1) is 6.92 Å². The Hall–Kier alpha value is -3.08. The van der Waals surface area contributed by atoms with Gasteiger partial charge >= 0.3 is 0 Å². The van der Waals surface area contributed by atoms with Gasteiger partial charge in [-0.25, -0.2) is 0 Å². The number of pyridine rings is 1. The Bertz CT molecular complexity index is 1100. The number of carbonyl (C=O) groups excluding carboxylic acids is 1. The molecule has 1 fully saturated rings. The smallest absolute Gasteiger partial charge is 0.255 e. The average molecular weight is 389 g/mol. The van der Waals surface area contributed by atoms with Crippen LogP contribution in [0.5, 0.6) is 0 Å². The van der Waals surface area contributed by atoms with Crippen molar-refractivity contribution in [2.24, 2.45) is 0 Å². The van der Waals surface area contributed by atoms with Crippen LogP contribution in [0.2, 0.25) is 0 Å². The fraction of sp³-hybridized carbons (Fsp3) is 0.333. The van der Waals surface area contributed by atoms with Crippen molar-refractivity contribution in [3.63, 3.8) is 0 Å². The van der Waals surface area contributed by atoms with Crippen LogP contribution in [0.1, 0.15) is 31.7 Å². The first-order valence-electron chi connectivity index (χ1n) is 10.3. The minimum atomic E-state index is -0.329. The van der Waals surface area contributed by atoms with E-state index in [4.69, 9.17) is 0 Å². The van der Waals surface area contributed by atoms with E-state index >= 15 is 0 Å². The second-order valence-electron chi connectivity index (χ2n) is 7.86. The Labute approximate surface area is 170 Å². The molecule has 1 aromatic heterocycles. The molecule has 1 aliphatic heterocycles. The van der Waals surface area contributed by atoms with Crippen molar-refractivity contribution in [3.05, 3.63) is 64.6 Å². The SMILES string of the molecule is Cc1ccccc1-c1c[nH]c(=O)c2cc(NC(C)C(=O)N3CCCCC3)ccc12. The molecule has 5 heteroatoms. The van der Waals surface area contributed by atoms with E-state index < -0.39 is 0 Å². The fourth-order valence-electron chi connectivity index (χ4n) is 4.15. The molecule has 1 amide bonds. The van der Waals surface area contributed by atoms with Crippen LogP contribution in [-0.4, -0.2) is 34.9 Å². The lowest BCUT2D eigenvalue weighted by molar-refractivity contribution is -0.132. The summed E-state index contributed by atoms with van der Waals surface area (Å²) >= 11 is 0. The number of hydrogen-bond acceptors (Lipinski definition) is 3. The number of H-pyrrole nitrogens is 1. The summed E-state index contributed by atoms with van der Waals surface area (Å²) < 4.78 is 0. The molecule has 4 rings (SSSR count). The third-order valence-corrected chi connectivity index (χ3v) is 5.76. The molecule has 0 saturated carbocycles. The van der Waals surface area contributed by atoms with Gasteiger partial charge in [-0.05, 0) is 61.8 Å². The molecule has 150 valence electrons. The Balaban J connectivity index is 1.64. The molecule has 1 aliphatic rings. The Kier molecular flexibility index (Phi) is 5.38. The lowest BCUT2D eigenvalue weighted by Gasteiger charge is -2.29. The largest absolute Gasteiger partial charge is 0.374 e. The summed E-state index contributed by atoms with van der Waals surface area (Å²) in [5.41, 5.74) is 3.91. The summed E-state index contributed by atoms with van der Waals surface area (Å²) in [5, 5.41) is 4.81. The molecule has 1 atom stereocenters. The van der Waals surface area contributed by atoms with Gasteiger partial charge in [0.15, 0.2) is 0 Å². The number of aryl methyl sites for hydroxylation is 1. The third kappa shape index (κ3) is 3.90. The molecule has 1 saturated heterocycles. The van der Waals surface area contributed by atoms with Gasteiger partial charge in [0.25, 0.3) is 5.56 Å². The molecular weight excluding hydrogens is 362 g/mol. The Morgan fingerprint density at radius 1 is 1.03 bits per heavy atom. The fourth-order valence-corrected chi connectivity index (χ4v) is 4.15. The van der Waals surface area contributed by atoms with Gasteiger partial charge in [-0.15, -0.1) is 0 Å². The summed E-state index contributed by atoms with van der Waals surface area (Å²) in [6, 6.07) is 13.6. The van der Waals surface area contributed by atoms with Crippen LogP contribution < -0.4 is 10.9 Å². The van der Waals surface area contributed by atoms with Gasteiger partial charge in [0, 0.05) is 35.9 Å². The number of benzene rings is 2. The van der Waals surface area contributed by atoms with Gasteiger partial charge in [-0.1, -0.05) is 30.3 Å². The molecule has 0 spiro atoms. The van der Waals surface area contributed by atoms with Gasteiger partial charge in [0.1, 0.15) is 6.04 Å². The van der Waals surface area contributed by atoms with Gasteiger partial charge in [-0.3, -0.25) is 9.59 Å². The van der Waals surface area contributed by atoms with Gasteiger partial charge < -0.3 is 15.2 Å². The first-order chi connectivity index (χ1) is 14.0. The van der Waals surface area contributed by atoms with Crippen molar-refractivity contribution in [2.45, 2.75) is 39.2 Å². The molecule has 29 heavy (non-hydrogen) atoms. The molecular formula is C24H27N3O2. The van der Waals surface area contributed by atoms with E-state index in [9.17, 15) is 9.59 Å². The highest BCUT2D eigenvalue weighted by Gasteiger charge is 2.22. The molecule has 0 radical (unpaired) electrons. The van der Waals surface area contributed by atoms with Crippen LogP contribution in [-0.2, 0) is 4.79 Å². The molecule has 0 aliphatic carbocycles. The average Bonchev–Trinajstić information content (AvgIpc) is 2.75. The molecule has 1 unspecified atom stereocenters. The highest BCUT2D eigenvalue weighted by molar-refractivity contribution is 5.98. The highest BCUT2D eigenvalue weighted by atomic mass is 16.2. The second-order valence-corrected chi connectivity index (χ2v) is 7.86. The first kappa shape index (κ1) is 19.2. The maximum atomic E-state index is 12.7. The number of nitrogens with one attached hydrogen (secondary N) is 2. The van der Waals surface area contributed by atoms with Crippen molar-refractivity contribution in [2.75, 3.05) is 18.4 Å². The van der Waals surface area contributed by atoms with E-state index in [0.29, 0.717) is 5.39 Å². The summed E-state index contributed by atoms with van der Waals surface area (Å²) in [6.45, 7) is 5.62. The first-order valence-corrected chi connectivity index (χ1v) is 10.3. The van der Waals surface area contributed by atoms with Gasteiger partial charge in [0.05, 0.1) is 0 Å². The van der Waals surface area contributed by atoms with E-state index in [-0.39, 0.29) is 17.5 Å². The van der Waals surface area contributed by atoms with Gasteiger partial charge in [0.2, 0.25) is 5.91 Å². The van der Waals surface area contributed by atoms with Crippen molar-refractivity contribution in [1.82, 2.24) is 9.88 Å². The van der Waals surface area contributed by atoms with E-state index in [1.54, 1.807) is 6.20 Å². The third-order valence-electron chi connectivity index (χ3n) is 5.76. The number of fused-ring (bicyclic) bond motifs is 1. The number of nitrogens with zero attached hydrogens (tertiary/aromatic N) is 1. The van der Waals surface area contributed by atoms with E-state index in [1.165, 1.54) is 6.42 Å². The summed E-state index contributed by atoms with van der Waals surface area (Å²) in [6.07, 6.45) is 5.13. The Morgan fingerprint density at radius 3 is 2.55 bits per heavy atom. The normalized spacial score (nSPS) is 15.3. The van der Waals surface area contributed by atoms with Crippen molar-refractivity contribution < 1.29 is 4.79 Å². The van der Waals surface area contributed by atoms with Crippen molar-refractivity contribution in [1.29, 1.82) is 0 Å². The number of aromatic amines is 1. The van der Waals surface area contributed by atoms with E-state index in [0.717, 1.165) is 53.7 Å². The monoisotopic (exact) mass is 389 g/mol. The second kappa shape index (κ2) is 8.11. The predicted molar refractivity (Wildman–Crippen MR) is 118 cm³/mol. The lowest BCUT2D eigenvalue weighted by atomic mass is 9.97. The van der Waals surface area contributed by atoms with E-state index in [1.807, 2.05) is 42.2 Å². The molecule has 2 aromatic carbocycles. The zero-order valence-corrected chi connectivity index (χ0v) is 17.0. The number of amides is 1. The van der Waals surface area contributed by atoms with Crippen LogP contribution in [0.4, 0.5) is 5.69 Å². The number of rotatable bonds is 4. The minimum absolute atomic E-state index is 0.118. The summed E-state index contributed by atoms with van der Waals surface area (Å²) in [5.74, 6) is 0.118. The number of piperidine rings is 1. The number of carbonyl (C=O) groups is 1.